The summed E-state index contributed by atoms with van der Waals surface area (Å²) in [6.45, 7) is 3.46. The van der Waals surface area contributed by atoms with E-state index in [1.807, 2.05) is 24.3 Å². The monoisotopic (exact) mass is 334 g/mol. The molecule has 2 aliphatic heterocycles. The van der Waals surface area contributed by atoms with Gasteiger partial charge in [-0.15, -0.1) is 0 Å². The van der Waals surface area contributed by atoms with Gasteiger partial charge >= 0.3 is 5.97 Å². The lowest BCUT2D eigenvalue weighted by Crippen LogP contribution is -2.36. The standard InChI is InChI=1S/C17H22N2O5/c20-16(12-24-17(21)15-2-1-9-23-15)18-13-3-5-14(6-4-13)19-7-10-22-11-8-19/h3-6,15H,1-2,7-12H2,(H,18,20)/t15-/m1/s1. The second-order valence-corrected chi connectivity index (χ2v) is 5.80. The Kier molecular flexibility index (Phi) is 5.66. The maximum Gasteiger partial charge on any atom is 0.335 e. The van der Waals surface area contributed by atoms with Crippen molar-refractivity contribution < 1.29 is 23.8 Å². The van der Waals surface area contributed by atoms with Crippen LogP contribution in [0.5, 0.6) is 0 Å². The molecule has 0 bridgehead atoms. The van der Waals surface area contributed by atoms with Gasteiger partial charge in [-0.25, -0.2) is 4.79 Å². The third-order valence-electron chi connectivity index (χ3n) is 4.07. The lowest BCUT2D eigenvalue weighted by molar-refractivity contribution is -0.156. The van der Waals surface area contributed by atoms with Crippen molar-refractivity contribution in [2.75, 3.05) is 49.7 Å². The Morgan fingerprint density at radius 1 is 1.17 bits per heavy atom. The Bertz CT molecular complexity index is 563. The molecule has 0 unspecified atom stereocenters. The maximum atomic E-state index is 11.9. The van der Waals surface area contributed by atoms with Crippen molar-refractivity contribution in [2.24, 2.45) is 0 Å². The number of ether oxygens (including phenoxy) is 3. The first-order valence-corrected chi connectivity index (χ1v) is 8.23. The van der Waals surface area contributed by atoms with Gasteiger partial charge < -0.3 is 24.4 Å². The Morgan fingerprint density at radius 2 is 1.92 bits per heavy atom. The van der Waals surface area contributed by atoms with Gasteiger partial charge in [0.15, 0.2) is 12.7 Å². The van der Waals surface area contributed by atoms with E-state index in [1.165, 1.54) is 0 Å². The fourth-order valence-corrected chi connectivity index (χ4v) is 2.77. The van der Waals surface area contributed by atoms with Crippen LogP contribution < -0.4 is 10.2 Å². The van der Waals surface area contributed by atoms with Crippen molar-refractivity contribution in [1.82, 2.24) is 0 Å². The SMILES string of the molecule is O=C(COC(=O)[C@H]1CCCO1)Nc1ccc(N2CCOCC2)cc1. The Balaban J connectivity index is 1.44. The average Bonchev–Trinajstić information content (AvgIpc) is 3.16. The summed E-state index contributed by atoms with van der Waals surface area (Å²) in [7, 11) is 0. The first-order valence-electron chi connectivity index (χ1n) is 8.23. The molecule has 0 radical (unpaired) electrons. The van der Waals surface area contributed by atoms with Crippen molar-refractivity contribution in [1.29, 1.82) is 0 Å². The summed E-state index contributed by atoms with van der Waals surface area (Å²) in [5.41, 5.74) is 1.77. The van der Waals surface area contributed by atoms with Gasteiger partial charge in [-0.1, -0.05) is 0 Å². The summed E-state index contributed by atoms with van der Waals surface area (Å²) in [6, 6.07) is 7.59. The first-order chi connectivity index (χ1) is 11.7. The summed E-state index contributed by atoms with van der Waals surface area (Å²) in [4.78, 5) is 25.8. The Labute approximate surface area is 140 Å². The minimum Gasteiger partial charge on any atom is -0.454 e. The molecule has 7 heteroatoms. The third-order valence-corrected chi connectivity index (χ3v) is 4.07. The quantitative estimate of drug-likeness (QED) is 0.815. The smallest absolute Gasteiger partial charge is 0.335 e. The van der Waals surface area contributed by atoms with Crippen LogP contribution in [0.4, 0.5) is 11.4 Å². The maximum absolute atomic E-state index is 11.9. The lowest BCUT2D eigenvalue weighted by Gasteiger charge is -2.28. The molecule has 130 valence electrons. The molecule has 3 rings (SSSR count). The number of hydrogen-bond acceptors (Lipinski definition) is 6. The van der Waals surface area contributed by atoms with Crippen LogP contribution in [-0.2, 0) is 23.8 Å². The van der Waals surface area contributed by atoms with Crippen LogP contribution in [0.25, 0.3) is 0 Å². The van der Waals surface area contributed by atoms with Gasteiger partial charge in [0.1, 0.15) is 0 Å². The molecule has 2 fully saturated rings. The van der Waals surface area contributed by atoms with Crippen LogP contribution in [0.15, 0.2) is 24.3 Å². The summed E-state index contributed by atoms with van der Waals surface area (Å²) < 4.78 is 15.5. The van der Waals surface area contributed by atoms with Crippen LogP contribution in [0.3, 0.4) is 0 Å². The minimum atomic E-state index is -0.523. The van der Waals surface area contributed by atoms with Crippen molar-refractivity contribution in [3.05, 3.63) is 24.3 Å². The van der Waals surface area contributed by atoms with E-state index in [9.17, 15) is 9.59 Å². The lowest BCUT2D eigenvalue weighted by atomic mass is 10.2. The molecular weight excluding hydrogens is 312 g/mol. The van der Waals surface area contributed by atoms with Gasteiger partial charge in [-0.05, 0) is 37.1 Å². The molecule has 1 aromatic carbocycles. The Hall–Kier alpha value is -2.12. The van der Waals surface area contributed by atoms with Gasteiger partial charge in [0.25, 0.3) is 5.91 Å². The second-order valence-electron chi connectivity index (χ2n) is 5.80. The van der Waals surface area contributed by atoms with Crippen LogP contribution in [-0.4, -0.2) is 57.5 Å². The third kappa shape index (κ3) is 4.46. The zero-order valence-corrected chi connectivity index (χ0v) is 13.5. The number of carbonyl (C=O) groups is 2. The number of amides is 1. The van der Waals surface area contributed by atoms with Crippen LogP contribution in [0.1, 0.15) is 12.8 Å². The van der Waals surface area contributed by atoms with E-state index < -0.39 is 12.1 Å². The van der Waals surface area contributed by atoms with E-state index in [0.29, 0.717) is 18.7 Å². The molecule has 24 heavy (non-hydrogen) atoms. The van der Waals surface area contributed by atoms with E-state index in [1.54, 1.807) is 0 Å². The van der Waals surface area contributed by atoms with Gasteiger partial charge in [0, 0.05) is 31.1 Å². The van der Waals surface area contributed by atoms with Crippen molar-refractivity contribution in [3.8, 4) is 0 Å². The minimum absolute atomic E-state index is 0.302. The van der Waals surface area contributed by atoms with Gasteiger partial charge in [0.2, 0.25) is 0 Å². The van der Waals surface area contributed by atoms with Crippen LogP contribution >= 0.6 is 0 Å². The second kappa shape index (κ2) is 8.12. The first kappa shape index (κ1) is 16.7. The molecule has 0 aromatic heterocycles. The molecule has 0 spiro atoms. The molecule has 1 amide bonds. The highest BCUT2D eigenvalue weighted by Crippen LogP contribution is 2.19. The predicted octanol–water partition coefficient (Wildman–Crippen LogP) is 1.18. The summed E-state index contributed by atoms with van der Waals surface area (Å²) in [5, 5.41) is 2.72. The predicted molar refractivity (Wildman–Crippen MR) is 88.0 cm³/mol. The number of rotatable bonds is 5. The molecule has 0 saturated carbocycles. The molecule has 1 N–H and O–H groups in total. The summed E-state index contributed by atoms with van der Waals surface area (Å²) in [6.07, 6.45) is 0.982. The van der Waals surface area contributed by atoms with Crippen LogP contribution in [0.2, 0.25) is 0 Å². The number of carbonyl (C=O) groups excluding carboxylic acids is 2. The number of hydrogen-bond donors (Lipinski definition) is 1. The Morgan fingerprint density at radius 3 is 2.58 bits per heavy atom. The van der Waals surface area contributed by atoms with Crippen molar-refractivity contribution in [3.63, 3.8) is 0 Å². The highest BCUT2D eigenvalue weighted by atomic mass is 16.6. The van der Waals surface area contributed by atoms with E-state index >= 15 is 0 Å². The largest absolute Gasteiger partial charge is 0.454 e. The molecule has 2 aliphatic rings. The number of morpholine rings is 1. The summed E-state index contributed by atoms with van der Waals surface area (Å²) in [5.74, 6) is -0.828. The van der Waals surface area contributed by atoms with Gasteiger partial charge in [0.05, 0.1) is 13.2 Å². The number of anilines is 2. The molecule has 2 heterocycles. The van der Waals surface area contributed by atoms with Gasteiger partial charge in [-0.2, -0.15) is 0 Å². The zero-order valence-electron chi connectivity index (χ0n) is 13.5. The van der Waals surface area contributed by atoms with Crippen molar-refractivity contribution >= 4 is 23.3 Å². The average molecular weight is 334 g/mol. The molecule has 7 nitrogen and oxygen atoms in total. The number of benzene rings is 1. The van der Waals surface area contributed by atoms with E-state index in [-0.39, 0.29) is 12.5 Å². The normalized spacial score (nSPS) is 20.7. The molecular formula is C17H22N2O5. The van der Waals surface area contributed by atoms with Crippen molar-refractivity contribution in [2.45, 2.75) is 18.9 Å². The number of esters is 1. The van der Waals surface area contributed by atoms with E-state index in [2.05, 4.69) is 10.2 Å². The molecule has 1 atom stereocenters. The molecule has 1 aromatic rings. The fourth-order valence-electron chi connectivity index (χ4n) is 2.77. The number of nitrogens with zero attached hydrogens (tertiary/aromatic N) is 1. The highest BCUT2D eigenvalue weighted by Gasteiger charge is 2.25. The molecule has 2 saturated heterocycles. The highest BCUT2D eigenvalue weighted by molar-refractivity contribution is 5.93. The topological polar surface area (TPSA) is 77.1 Å². The summed E-state index contributed by atoms with van der Waals surface area (Å²) >= 11 is 0. The van der Waals surface area contributed by atoms with E-state index in [4.69, 9.17) is 14.2 Å². The molecule has 0 aliphatic carbocycles. The fraction of sp³-hybridized carbons (Fsp3) is 0.529. The number of nitrogens with one attached hydrogen (secondary N) is 1. The van der Waals surface area contributed by atoms with Gasteiger partial charge in [-0.3, -0.25) is 4.79 Å². The zero-order chi connectivity index (χ0) is 16.8. The van der Waals surface area contributed by atoms with Crippen LogP contribution in [0, 0.1) is 0 Å². The van der Waals surface area contributed by atoms with E-state index in [0.717, 1.165) is 38.4 Å².